The molecule has 2 aliphatic heterocycles. The predicted octanol–water partition coefficient (Wildman–Crippen LogP) is 4.19. The van der Waals surface area contributed by atoms with Gasteiger partial charge in [-0.2, -0.15) is 0 Å². The molecule has 0 spiro atoms. The SMILES string of the molecule is O=C(Cc1cc2c(cc1Oc1ccccc1OCc1ccccc1)OCO2)N1CCOCC1. The summed E-state index contributed by atoms with van der Waals surface area (Å²) >= 11 is 0. The number of hydrogen-bond acceptors (Lipinski definition) is 6. The van der Waals surface area contributed by atoms with Crippen LogP contribution in [0.25, 0.3) is 0 Å². The second-order valence-corrected chi connectivity index (χ2v) is 7.81. The van der Waals surface area contributed by atoms with Crippen LogP contribution in [0.4, 0.5) is 0 Å². The number of fused-ring (bicyclic) bond motifs is 1. The van der Waals surface area contributed by atoms with E-state index in [1.54, 1.807) is 6.07 Å². The van der Waals surface area contributed by atoms with Crippen molar-refractivity contribution in [1.82, 2.24) is 4.90 Å². The van der Waals surface area contributed by atoms with Gasteiger partial charge in [0, 0.05) is 24.7 Å². The molecule has 7 nitrogen and oxygen atoms in total. The molecule has 0 saturated carbocycles. The van der Waals surface area contributed by atoms with Gasteiger partial charge in [0.2, 0.25) is 12.7 Å². The Bertz CT molecular complexity index is 1110. The third-order valence-corrected chi connectivity index (χ3v) is 5.57. The Morgan fingerprint density at radius 3 is 2.33 bits per heavy atom. The monoisotopic (exact) mass is 447 g/mol. The van der Waals surface area contributed by atoms with Crippen LogP contribution >= 0.6 is 0 Å². The number of amides is 1. The van der Waals surface area contributed by atoms with Gasteiger partial charge in [-0.25, -0.2) is 0 Å². The van der Waals surface area contributed by atoms with Crippen LogP contribution in [0.1, 0.15) is 11.1 Å². The number of morpholine rings is 1. The Morgan fingerprint density at radius 2 is 1.55 bits per heavy atom. The lowest BCUT2D eigenvalue weighted by atomic mass is 10.1. The van der Waals surface area contributed by atoms with Crippen LogP contribution in [0.15, 0.2) is 66.7 Å². The Labute approximate surface area is 192 Å². The molecular formula is C26H25NO6. The topological polar surface area (TPSA) is 66.5 Å². The first-order chi connectivity index (χ1) is 16.3. The molecule has 1 saturated heterocycles. The molecule has 0 atom stereocenters. The molecular weight excluding hydrogens is 422 g/mol. The highest BCUT2D eigenvalue weighted by molar-refractivity contribution is 5.80. The van der Waals surface area contributed by atoms with E-state index in [2.05, 4.69) is 0 Å². The normalized spacial score (nSPS) is 14.7. The highest BCUT2D eigenvalue weighted by atomic mass is 16.7. The van der Waals surface area contributed by atoms with Crippen molar-refractivity contribution in [3.05, 3.63) is 77.9 Å². The second kappa shape index (κ2) is 9.83. The molecule has 170 valence electrons. The van der Waals surface area contributed by atoms with E-state index in [1.807, 2.05) is 65.6 Å². The van der Waals surface area contributed by atoms with Crippen molar-refractivity contribution in [2.45, 2.75) is 13.0 Å². The zero-order valence-corrected chi connectivity index (χ0v) is 18.2. The fourth-order valence-electron chi connectivity index (χ4n) is 3.79. The molecule has 33 heavy (non-hydrogen) atoms. The highest BCUT2D eigenvalue weighted by Gasteiger charge is 2.23. The first kappa shape index (κ1) is 21.2. The molecule has 0 aliphatic carbocycles. The van der Waals surface area contributed by atoms with Gasteiger partial charge in [-0.05, 0) is 23.8 Å². The number of benzene rings is 3. The van der Waals surface area contributed by atoms with Gasteiger partial charge in [-0.1, -0.05) is 42.5 Å². The summed E-state index contributed by atoms with van der Waals surface area (Å²) in [6.45, 7) is 2.87. The quantitative estimate of drug-likeness (QED) is 0.541. The number of carbonyl (C=O) groups excluding carboxylic acids is 1. The van der Waals surface area contributed by atoms with Crippen LogP contribution in [0, 0.1) is 0 Å². The summed E-state index contributed by atoms with van der Waals surface area (Å²) in [7, 11) is 0. The lowest BCUT2D eigenvalue weighted by Crippen LogP contribution is -2.41. The Balaban J connectivity index is 1.38. The Kier molecular flexibility index (Phi) is 6.30. The molecule has 0 N–H and O–H groups in total. The Morgan fingerprint density at radius 1 is 0.848 bits per heavy atom. The van der Waals surface area contributed by atoms with Gasteiger partial charge in [0.25, 0.3) is 0 Å². The lowest BCUT2D eigenvalue weighted by molar-refractivity contribution is -0.134. The molecule has 3 aromatic rings. The average molecular weight is 447 g/mol. The zero-order chi connectivity index (χ0) is 22.5. The largest absolute Gasteiger partial charge is 0.485 e. The summed E-state index contributed by atoms with van der Waals surface area (Å²) in [5.41, 5.74) is 1.79. The van der Waals surface area contributed by atoms with Crippen molar-refractivity contribution < 1.29 is 28.5 Å². The fourth-order valence-corrected chi connectivity index (χ4v) is 3.79. The van der Waals surface area contributed by atoms with Gasteiger partial charge < -0.3 is 28.6 Å². The maximum atomic E-state index is 12.9. The van der Waals surface area contributed by atoms with Gasteiger partial charge in [0.1, 0.15) is 12.4 Å². The van der Waals surface area contributed by atoms with Gasteiger partial charge in [0.15, 0.2) is 23.0 Å². The standard InChI is InChI=1S/C26H25NO6/c28-26(27-10-12-29-13-11-27)15-20-14-24-25(32-18-31-24)16-23(20)33-22-9-5-4-8-21(22)30-17-19-6-2-1-3-7-19/h1-9,14,16H,10-13,15,17-18H2. The van der Waals surface area contributed by atoms with Gasteiger partial charge in [-0.3, -0.25) is 4.79 Å². The fraction of sp³-hybridized carbons (Fsp3) is 0.269. The molecule has 0 aromatic heterocycles. The van der Waals surface area contributed by atoms with Gasteiger partial charge >= 0.3 is 0 Å². The molecule has 2 heterocycles. The van der Waals surface area contributed by atoms with Crippen LogP contribution in [0.2, 0.25) is 0 Å². The molecule has 3 aromatic carbocycles. The molecule has 0 unspecified atom stereocenters. The summed E-state index contributed by atoms with van der Waals surface area (Å²) in [4.78, 5) is 14.7. The van der Waals surface area contributed by atoms with Crippen LogP contribution in [-0.4, -0.2) is 43.9 Å². The summed E-state index contributed by atoms with van der Waals surface area (Å²) in [5, 5.41) is 0. The van der Waals surface area contributed by atoms with Gasteiger partial charge in [0.05, 0.1) is 19.6 Å². The highest BCUT2D eigenvalue weighted by Crippen LogP contribution is 2.41. The maximum Gasteiger partial charge on any atom is 0.231 e. The van der Waals surface area contributed by atoms with E-state index in [-0.39, 0.29) is 19.1 Å². The Hall–Kier alpha value is -3.71. The first-order valence-corrected chi connectivity index (χ1v) is 11.0. The minimum atomic E-state index is 0.0237. The number of para-hydroxylation sites is 2. The molecule has 5 rings (SSSR count). The number of ether oxygens (including phenoxy) is 5. The number of rotatable bonds is 7. The van der Waals surface area contributed by atoms with Crippen molar-refractivity contribution in [2.75, 3.05) is 33.1 Å². The minimum absolute atomic E-state index is 0.0237. The third kappa shape index (κ3) is 5.04. The molecule has 1 amide bonds. The predicted molar refractivity (Wildman–Crippen MR) is 121 cm³/mol. The van der Waals surface area contributed by atoms with Crippen molar-refractivity contribution >= 4 is 5.91 Å². The first-order valence-electron chi connectivity index (χ1n) is 11.0. The van der Waals surface area contributed by atoms with Crippen molar-refractivity contribution in [1.29, 1.82) is 0 Å². The zero-order valence-electron chi connectivity index (χ0n) is 18.2. The molecule has 1 fully saturated rings. The number of carbonyl (C=O) groups is 1. The molecule has 2 aliphatic rings. The van der Waals surface area contributed by atoms with Crippen LogP contribution in [-0.2, 0) is 22.6 Å². The summed E-state index contributed by atoms with van der Waals surface area (Å²) in [6, 6.07) is 21.0. The van der Waals surface area contributed by atoms with Crippen molar-refractivity contribution in [3.63, 3.8) is 0 Å². The van der Waals surface area contributed by atoms with Crippen molar-refractivity contribution in [3.8, 4) is 28.7 Å². The number of nitrogens with zero attached hydrogens (tertiary/aromatic N) is 1. The van der Waals surface area contributed by atoms with E-state index in [1.165, 1.54) is 0 Å². The maximum absolute atomic E-state index is 12.9. The van der Waals surface area contributed by atoms with Crippen LogP contribution in [0.3, 0.4) is 0 Å². The second-order valence-electron chi connectivity index (χ2n) is 7.81. The van der Waals surface area contributed by atoms with E-state index in [0.29, 0.717) is 61.7 Å². The lowest BCUT2D eigenvalue weighted by Gasteiger charge is -2.27. The minimum Gasteiger partial charge on any atom is -0.485 e. The summed E-state index contributed by atoms with van der Waals surface area (Å²) in [6.07, 6.45) is 0.193. The van der Waals surface area contributed by atoms with E-state index in [9.17, 15) is 4.79 Å². The molecule has 7 heteroatoms. The van der Waals surface area contributed by atoms with Gasteiger partial charge in [-0.15, -0.1) is 0 Å². The summed E-state index contributed by atoms with van der Waals surface area (Å²) in [5.74, 6) is 2.94. The van der Waals surface area contributed by atoms with E-state index >= 15 is 0 Å². The van der Waals surface area contributed by atoms with E-state index in [0.717, 1.165) is 11.1 Å². The smallest absolute Gasteiger partial charge is 0.231 e. The molecule has 0 radical (unpaired) electrons. The summed E-state index contributed by atoms with van der Waals surface area (Å²) < 4.78 is 28.8. The average Bonchev–Trinajstić information content (AvgIpc) is 3.32. The van der Waals surface area contributed by atoms with E-state index in [4.69, 9.17) is 23.7 Å². The van der Waals surface area contributed by atoms with Crippen LogP contribution in [0.5, 0.6) is 28.7 Å². The van der Waals surface area contributed by atoms with E-state index < -0.39 is 0 Å². The molecule has 0 bridgehead atoms. The third-order valence-electron chi connectivity index (χ3n) is 5.57. The van der Waals surface area contributed by atoms with Crippen LogP contribution < -0.4 is 18.9 Å². The number of hydrogen-bond donors (Lipinski definition) is 0. The van der Waals surface area contributed by atoms with Crippen molar-refractivity contribution in [2.24, 2.45) is 0 Å².